The number of hydrogen-bond donors (Lipinski definition) is 0. The van der Waals surface area contributed by atoms with Crippen LogP contribution in [0.2, 0.25) is 0 Å². The van der Waals surface area contributed by atoms with Crippen LogP contribution in [0.25, 0.3) is 0 Å². The molecule has 0 N–H and O–H groups in total. The Labute approximate surface area is 439 Å². The quantitative estimate of drug-likeness (QED) is 0.0614. The van der Waals surface area contributed by atoms with Gasteiger partial charge in [0.2, 0.25) is 0 Å². The summed E-state index contributed by atoms with van der Waals surface area (Å²) in [6.45, 7) is 18.1. The van der Waals surface area contributed by atoms with Crippen LogP contribution < -0.4 is 0 Å². The maximum atomic E-state index is 3.48. The topological polar surface area (TPSA) is 0 Å². The zero-order chi connectivity index (χ0) is 51.2. The molecule has 0 fully saturated rings. The Bertz CT molecular complexity index is 2370. The molecule has 0 radical (unpaired) electrons. The molecule has 1 aliphatic rings. The summed E-state index contributed by atoms with van der Waals surface area (Å²) in [5.41, 5.74) is 18.1. The standard InChI is InChI=1S/C72H80/c1-9-17-33-57-49-65-41-25-26-43-67-51-59(35-19-11-3)61(37-21-13-5)53-69(67)45-29-30-47-71-55-63(39-23-15-7)64(40-24-16-8)56-72(71)48-32-31-46-70-54-62(38-22-14-6)60(36-20-12-4)52-68(70)44-28-27-42-66(65)50-58(57)34-18-10-2/h49-56H,9-24,33-40H2,1-8H3. The van der Waals surface area contributed by atoms with E-state index in [2.05, 4.69) is 199 Å². The summed E-state index contributed by atoms with van der Waals surface area (Å²) in [5.74, 6) is 54.0. The average Bonchev–Trinajstić information content (AvgIpc) is 3.39. The number of hydrogen-bond acceptors (Lipinski definition) is 0. The molecule has 0 bridgehead atoms. The highest BCUT2D eigenvalue weighted by molar-refractivity contribution is 5.63. The third kappa shape index (κ3) is 17.9. The van der Waals surface area contributed by atoms with Crippen LogP contribution in [0.1, 0.15) is 247 Å². The minimum Gasteiger partial charge on any atom is -0.0654 e. The molecule has 0 nitrogen and oxygen atoms in total. The van der Waals surface area contributed by atoms with Gasteiger partial charge in [0.25, 0.3) is 0 Å². The van der Waals surface area contributed by atoms with Gasteiger partial charge in [-0.25, -0.2) is 0 Å². The zero-order valence-electron chi connectivity index (χ0n) is 45.6. The van der Waals surface area contributed by atoms with Gasteiger partial charge in [-0.05, 0) is 243 Å². The van der Waals surface area contributed by atoms with Crippen LogP contribution in [0.15, 0.2) is 48.5 Å². The summed E-state index contributed by atoms with van der Waals surface area (Å²) in [6, 6.07) is 18.2. The molecule has 0 saturated heterocycles. The van der Waals surface area contributed by atoms with Gasteiger partial charge in [0.05, 0.1) is 0 Å². The lowest BCUT2D eigenvalue weighted by atomic mass is 9.92. The summed E-state index contributed by atoms with van der Waals surface area (Å²) < 4.78 is 0. The molecule has 4 aromatic rings. The van der Waals surface area contributed by atoms with Crippen molar-refractivity contribution in [2.75, 3.05) is 0 Å². The first-order valence-electron chi connectivity index (χ1n) is 28.1. The van der Waals surface area contributed by atoms with Crippen LogP contribution in [0, 0.1) is 94.7 Å². The molecule has 0 heterocycles. The number of aryl methyl sites for hydroxylation is 8. The van der Waals surface area contributed by atoms with Crippen molar-refractivity contribution in [3.05, 3.63) is 138 Å². The number of benzene rings is 4. The monoisotopic (exact) mass is 945 g/mol. The minimum atomic E-state index is 0.899. The van der Waals surface area contributed by atoms with Crippen molar-refractivity contribution in [3.63, 3.8) is 0 Å². The maximum absolute atomic E-state index is 3.48. The van der Waals surface area contributed by atoms with E-state index in [1.54, 1.807) is 0 Å². The van der Waals surface area contributed by atoms with Crippen LogP contribution in [0.3, 0.4) is 0 Å². The Morgan fingerprint density at radius 2 is 0.306 bits per heavy atom. The van der Waals surface area contributed by atoms with Crippen molar-refractivity contribution in [3.8, 4) is 94.7 Å². The predicted molar refractivity (Wildman–Crippen MR) is 310 cm³/mol. The Balaban J connectivity index is 1.83. The lowest BCUT2D eigenvalue weighted by Crippen LogP contribution is -2.00. The molecule has 0 heteroatoms. The Hall–Kier alpha value is -6.64. The molecule has 0 aromatic heterocycles. The molecule has 0 saturated carbocycles. The van der Waals surface area contributed by atoms with E-state index >= 15 is 0 Å². The van der Waals surface area contributed by atoms with E-state index in [-0.39, 0.29) is 0 Å². The highest BCUT2D eigenvalue weighted by Crippen LogP contribution is 2.25. The predicted octanol–water partition coefficient (Wildman–Crippen LogP) is 16.4. The van der Waals surface area contributed by atoms with Gasteiger partial charge in [0, 0.05) is 44.5 Å². The van der Waals surface area contributed by atoms with Gasteiger partial charge < -0.3 is 0 Å². The molecule has 0 atom stereocenters. The van der Waals surface area contributed by atoms with Crippen LogP contribution in [0.4, 0.5) is 0 Å². The van der Waals surface area contributed by atoms with Crippen molar-refractivity contribution in [1.29, 1.82) is 0 Å². The van der Waals surface area contributed by atoms with Gasteiger partial charge in [0.15, 0.2) is 0 Å². The first kappa shape index (κ1) is 56.3. The SMILES string of the molecule is CCCCc1cc2c(cc1CCCC)C#CC#Cc1cc(CCCC)c(CCCC)cc1C#CC#Cc1cc(CCCC)c(CCCC)cc1C#CC#Cc1cc(CCCC)c(CCCC)cc1C#CC#C2. The summed E-state index contributed by atoms with van der Waals surface area (Å²) in [7, 11) is 0. The van der Waals surface area contributed by atoms with E-state index in [0.29, 0.717) is 0 Å². The summed E-state index contributed by atoms with van der Waals surface area (Å²) >= 11 is 0. The van der Waals surface area contributed by atoms with Crippen LogP contribution in [0.5, 0.6) is 0 Å². The van der Waals surface area contributed by atoms with E-state index < -0.39 is 0 Å². The molecule has 0 spiro atoms. The fourth-order valence-corrected chi connectivity index (χ4v) is 9.17. The van der Waals surface area contributed by atoms with E-state index in [1.165, 1.54) is 44.5 Å². The van der Waals surface area contributed by atoms with Crippen LogP contribution >= 0.6 is 0 Å². The molecule has 4 aromatic carbocycles. The van der Waals surface area contributed by atoms with Gasteiger partial charge >= 0.3 is 0 Å². The summed E-state index contributed by atoms with van der Waals surface area (Å²) in [5, 5.41) is 0. The fraction of sp³-hybridized carbons (Fsp3) is 0.444. The van der Waals surface area contributed by atoms with Gasteiger partial charge in [0.1, 0.15) is 0 Å². The van der Waals surface area contributed by atoms with Gasteiger partial charge in [-0.3, -0.25) is 0 Å². The lowest BCUT2D eigenvalue weighted by Gasteiger charge is -2.12. The first-order chi connectivity index (χ1) is 35.4. The molecule has 0 amide bonds. The van der Waals surface area contributed by atoms with Gasteiger partial charge in [-0.15, -0.1) is 0 Å². The Morgan fingerprint density at radius 1 is 0.194 bits per heavy atom. The summed E-state index contributed by atoms with van der Waals surface area (Å²) in [6.07, 6.45) is 26.3. The van der Waals surface area contributed by atoms with Crippen LogP contribution in [-0.2, 0) is 51.4 Å². The lowest BCUT2D eigenvalue weighted by molar-refractivity contribution is 0.757. The Morgan fingerprint density at radius 3 is 0.403 bits per heavy atom. The molecule has 0 unspecified atom stereocenters. The number of unbranched alkanes of at least 4 members (excludes halogenated alkanes) is 8. The third-order valence-corrected chi connectivity index (χ3v) is 13.6. The molecule has 72 heavy (non-hydrogen) atoms. The highest BCUT2D eigenvalue weighted by atomic mass is 14.2. The molecular weight excluding hydrogens is 865 g/mol. The molecule has 0 aliphatic heterocycles. The smallest absolute Gasteiger partial charge is 0.0415 e. The minimum absolute atomic E-state index is 0.899. The van der Waals surface area contributed by atoms with Crippen molar-refractivity contribution in [1.82, 2.24) is 0 Å². The second-order valence-electron chi connectivity index (χ2n) is 19.5. The number of fused-ring (bicyclic) bond motifs is 4. The second kappa shape index (κ2) is 32.4. The number of rotatable bonds is 24. The van der Waals surface area contributed by atoms with Crippen molar-refractivity contribution in [2.45, 2.75) is 209 Å². The molecule has 368 valence electrons. The van der Waals surface area contributed by atoms with E-state index in [1.807, 2.05) is 0 Å². The van der Waals surface area contributed by atoms with Gasteiger partial charge in [-0.2, -0.15) is 0 Å². The van der Waals surface area contributed by atoms with Gasteiger partial charge in [-0.1, -0.05) is 154 Å². The zero-order valence-corrected chi connectivity index (χ0v) is 45.6. The Kier molecular flexibility index (Phi) is 25.3. The first-order valence-corrected chi connectivity index (χ1v) is 28.1. The van der Waals surface area contributed by atoms with Crippen molar-refractivity contribution < 1.29 is 0 Å². The van der Waals surface area contributed by atoms with E-state index in [9.17, 15) is 0 Å². The average molecular weight is 945 g/mol. The van der Waals surface area contributed by atoms with Crippen LogP contribution in [-0.4, -0.2) is 0 Å². The maximum Gasteiger partial charge on any atom is 0.0415 e. The fourth-order valence-electron chi connectivity index (χ4n) is 9.17. The second-order valence-corrected chi connectivity index (χ2v) is 19.5. The van der Waals surface area contributed by atoms with E-state index in [4.69, 9.17) is 0 Å². The largest absolute Gasteiger partial charge is 0.0654 e. The molecular formula is C72H80. The van der Waals surface area contributed by atoms with Crippen molar-refractivity contribution in [2.24, 2.45) is 0 Å². The highest BCUT2D eigenvalue weighted by Gasteiger charge is 2.13. The van der Waals surface area contributed by atoms with Crippen molar-refractivity contribution >= 4 is 0 Å². The van der Waals surface area contributed by atoms with E-state index in [0.717, 1.165) is 199 Å². The summed E-state index contributed by atoms with van der Waals surface area (Å²) in [4.78, 5) is 0. The third-order valence-electron chi connectivity index (χ3n) is 13.6. The molecule has 1 aliphatic carbocycles. The normalized spacial score (nSPS) is 11.0. The molecule has 5 rings (SSSR count).